The Bertz CT molecular complexity index is 915. The van der Waals surface area contributed by atoms with Gasteiger partial charge >= 0.3 is 12.0 Å². The number of aliphatic carboxylic acids is 1. The number of nitrogens with one attached hydrogen (secondary N) is 1. The van der Waals surface area contributed by atoms with Crippen LogP contribution in [0.25, 0.3) is 17.2 Å². The molecular weight excluding hydrogens is 380 g/mol. The van der Waals surface area contributed by atoms with Crippen LogP contribution in [0.5, 0.6) is 0 Å². The van der Waals surface area contributed by atoms with E-state index in [2.05, 4.69) is 5.32 Å². The van der Waals surface area contributed by atoms with Crippen molar-refractivity contribution in [2.24, 2.45) is 0 Å². The number of amides is 2. The summed E-state index contributed by atoms with van der Waals surface area (Å²) < 4.78 is 4.87. The number of carbonyl (C=O) groups is 2. The summed E-state index contributed by atoms with van der Waals surface area (Å²) in [5, 5.41) is 12.2. The Labute approximate surface area is 177 Å². The van der Waals surface area contributed by atoms with Gasteiger partial charge in [0.1, 0.15) is 0 Å². The molecule has 0 aliphatic heterocycles. The Morgan fingerprint density at radius 3 is 2.40 bits per heavy atom. The van der Waals surface area contributed by atoms with Crippen molar-refractivity contribution in [1.82, 2.24) is 5.32 Å². The van der Waals surface area contributed by atoms with Gasteiger partial charge in [0.2, 0.25) is 5.76 Å². The van der Waals surface area contributed by atoms with E-state index >= 15 is 0 Å². The second kappa shape index (κ2) is 9.96. The first-order valence-electron chi connectivity index (χ1n) is 10.2. The number of ether oxygens (including phenoxy) is 1. The van der Waals surface area contributed by atoms with E-state index in [1.54, 1.807) is 11.9 Å². The third-order valence-corrected chi connectivity index (χ3v) is 5.44. The average Bonchev–Trinajstić information content (AvgIpc) is 2.78. The van der Waals surface area contributed by atoms with E-state index in [4.69, 9.17) is 9.84 Å². The number of rotatable bonds is 6. The monoisotopic (exact) mass is 408 g/mol. The van der Waals surface area contributed by atoms with E-state index in [1.165, 1.54) is 32.4 Å². The second-order valence-electron chi connectivity index (χ2n) is 7.53. The molecule has 158 valence electrons. The minimum absolute atomic E-state index is 0.0831. The smallest absolute Gasteiger partial charge is 0.371 e. The van der Waals surface area contributed by atoms with Crippen LogP contribution in [0, 0.1) is 0 Å². The number of benzene rings is 2. The molecule has 1 saturated carbocycles. The molecular formula is C24H28N2O4. The largest absolute Gasteiger partial charge is 0.490 e. The SMILES string of the molecule is CO/C(=C/c1ccc(-c2cccc(N(C)C(=O)NC3CCCCC3)c2)cc1)C(=O)O. The molecule has 0 bridgehead atoms. The zero-order valence-corrected chi connectivity index (χ0v) is 17.4. The van der Waals surface area contributed by atoms with Gasteiger partial charge in [-0.3, -0.25) is 4.90 Å². The lowest BCUT2D eigenvalue weighted by molar-refractivity contribution is -0.135. The number of carboxylic acid groups (broad SMARTS) is 1. The van der Waals surface area contributed by atoms with Gasteiger partial charge in [0.15, 0.2) is 0 Å². The molecule has 1 aliphatic rings. The Morgan fingerprint density at radius 2 is 1.77 bits per heavy atom. The maximum Gasteiger partial charge on any atom is 0.371 e. The summed E-state index contributed by atoms with van der Waals surface area (Å²) >= 11 is 0. The Hall–Kier alpha value is -3.28. The summed E-state index contributed by atoms with van der Waals surface area (Å²) in [6.07, 6.45) is 7.18. The van der Waals surface area contributed by atoms with Crippen LogP contribution in [0.3, 0.4) is 0 Å². The van der Waals surface area contributed by atoms with Gasteiger partial charge in [0.05, 0.1) is 7.11 Å². The lowest BCUT2D eigenvalue weighted by Crippen LogP contribution is -2.43. The van der Waals surface area contributed by atoms with Crippen LogP contribution in [0.2, 0.25) is 0 Å². The molecule has 0 aromatic heterocycles. The normalized spacial score (nSPS) is 14.8. The highest BCUT2D eigenvalue weighted by Gasteiger charge is 2.19. The lowest BCUT2D eigenvalue weighted by atomic mass is 9.96. The van der Waals surface area contributed by atoms with E-state index in [0.29, 0.717) is 0 Å². The van der Waals surface area contributed by atoms with Crippen LogP contribution in [0.4, 0.5) is 10.5 Å². The molecule has 0 spiro atoms. The van der Waals surface area contributed by atoms with Crippen molar-refractivity contribution in [3.8, 4) is 11.1 Å². The summed E-state index contributed by atoms with van der Waals surface area (Å²) in [4.78, 5) is 25.4. The van der Waals surface area contributed by atoms with Gasteiger partial charge < -0.3 is 15.2 Å². The first-order chi connectivity index (χ1) is 14.5. The molecule has 2 aromatic rings. The molecule has 0 radical (unpaired) electrons. The van der Waals surface area contributed by atoms with Crippen LogP contribution in [0.15, 0.2) is 54.3 Å². The zero-order valence-electron chi connectivity index (χ0n) is 17.4. The number of carboxylic acids is 1. The van der Waals surface area contributed by atoms with E-state index in [-0.39, 0.29) is 17.8 Å². The highest BCUT2D eigenvalue weighted by atomic mass is 16.5. The van der Waals surface area contributed by atoms with E-state index < -0.39 is 5.97 Å². The molecule has 0 unspecified atom stereocenters. The summed E-state index contributed by atoms with van der Waals surface area (Å²) in [7, 11) is 3.12. The van der Waals surface area contributed by atoms with Gasteiger partial charge in [-0.25, -0.2) is 9.59 Å². The van der Waals surface area contributed by atoms with Gasteiger partial charge in [-0.15, -0.1) is 0 Å². The van der Waals surface area contributed by atoms with Crippen molar-refractivity contribution in [3.63, 3.8) is 0 Å². The fraction of sp³-hybridized carbons (Fsp3) is 0.333. The third-order valence-electron chi connectivity index (χ3n) is 5.44. The van der Waals surface area contributed by atoms with Crippen molar-refractivity contribution in [3.05, 3.63) is 59.9 Å². The predicted molar refractivity (Wildman–Crippen MR) is 118 cm³/mol. The Balaban J connectivity index is 1.73. The summed E-state index contributed by atoms with van der Waals surface area (Å²) in [6, 6.07) is 15.5. The third kappa shape index (κ3) is 5.41. The average molecular weight is 408 g/mol. The topological polar surface area (TPSA) is 78.9 Å². The molecule has 30 heavy (non-hydrogen) atoms. The summed E-state index contributed by atoms with van der Waals surface area (Å²) in [6.45, 7) is 0. The van der Waals surface area contributed by atoms with Crippen molar-refractivity contribution in [2.45, 2.75) is 38.1 Å². The highest BCUT2D eigenvalue weighted by Crippen LogP contribution is 2.26. The number of methoxy groups -OCH3 is 1. The van der Waals surface area contributed by atoms with Gasteiger partial charge in [0, 0.05) is 18.8 Å². The Morgan fingerprint density at radius 1 is 1.07 bits per heavy atom. The molecule has 2 aromatic carbocycles. The van der Waals surface area contributed by atoms with Crippen LogP contribution in [-0.4, -0.2) is 37.3 Å². The number of nitrogens with zero attached hydrogens (tertiary/aromatic N) is 1. The van der Waals surface area contributed by atoms with Crippen molar-refractivity contribution < 1.29 is 19.4 Å². The molecule has 2 amide bonds. The van der Waals surface area contributed by atoms with Gasteiger partial charge in [-0.1, -0.05) is 55.7 Å². The molecule has 0 saturated heterocycles. The van der Waals surface area contributed by atoms with Crippen LogP contribution in [-0.2, 0) is 9.53 Å². The van der Waals surface area contributed by atoms with Gasteiger partial charge in [0.25, 0.3) is 0 Å². The standard InChI is InChI=1S/C24H28N2O4/c1-26(24(29)25-20-8-4-3-5-9-20)21-10-6-7-19(16-21)18-13-11-17(12-14-18)15-22(30-2)23(27)28/h6-7,10-16,20H,3-5,8-9H2,1-2H3,(H,25,29)(H,27,28)/b22-15+. The first-order valence-corrected chi connectivity index (χ1v) is 10.2. The molecule has 6 heteroatoms. The van der Waals surface area contributed by atoms with E-state index in [0.717, 1.165) is 35.2 Å². The van der Waals surface area contributed by atoms with E-state index in [9.17, 15) is 9.59 Å². The fourth-order valence-corrected chi connectivity index (χ4v) is 3.66. The van der Waals surface area contributed by atoms with Crippen molar-refractivity contribution >= 4 is 23.8 Å². The summed E-state index contributed by atoms with van der Waals surface area (Å²) in [5.74, 6) is -1.22. The number of hydrogen-bond acceptors (Lipinski definition) is 3. The fourth-order valence-electron chi connectivity index (χ4n) is 3.66. The number of urea groups is 1. The van der Waals surface area contributed by atoms with Crippen LogP contribution >= 0.6 is 0 Å². The molecule has 0 heterocycles. The molecule has 1 aliphatic carbocycles. The van der Waals surface area contributed by atoms with Crippen molar-refractivity contribution in [1.29, 1.82) is 0 Å². The maximum atomic E-state index is 12.6. The maximum absolute atomic E-state index is 12.6. The highest BCUT2D eigenvalue weighted by molar-refractivity contribution is 5.92. The van der Waals surface area contributed by atoms with Gasteiger partial charge in [-0.05, 0) is 47.7 Å². The zero-order chi connectivity index (χ0) is 21.5. The first kappa shape index (κ1) is 21.4. The van der Waals surface area contributed by atoms with Crippen LogP contribution < -0.4 is 10.2 Å². The predicted octanol–water partition coefficient (Wildman–Crippen LogP) is 4.90. The second-order valence-corrected chi connectivity index (χ2v) is 7.53. The quantitative estimate of drug-likeness (QED) is 0.526. The molecule has 3 rings (SSSR count). The minimum Gasteiger partial charge on any atom is -0.490 e. The molecule has 2 N–H and O–H groups in total. The minimum atomic E-state index is -1.11. The number of carbonyl (C=O) groups excluding carboxylic acids is 1. The van der Waals surface area contributed by atoms with Crippen LogP contribution in [0.1, 0.15) is 37.7 Å². The lowest BCUT2D eigenvalue weighted by Gasteiger charge is -2.26. The molecule has 1 fully saturated rings. The molecule has 6 nitrogen and oxygen atoms in total. The Kier molecular flexibility index (Phi) is 7.12. The van der Waals surface area contributed by atoms with Crippen molar-refractivity contribution in [2.75, 3.05) is 19.1 Å². The van der Waals surface area contributed by atoms with Gasteiger partial charge in [-0.2, -0.15) is 0 Å². The summed E-state index contributed by atoms with van der Waals surface area (Å²) in [5.41, 5.74) is 3.50. The molecule has 0 atom stereocenters. The number of hydrogen-bond donors (Lipinski definition) is 2. The van der Waals surface area contributed by atoms with E-state index in [1.807, 2.05) is 48.5 Å². The number of anilines is 1.